The molecule has 0 amide bonds. The first-order valence-corrected chi connectivity index (χ1v) is 22.2. The maximum absolute atomic E-state index is 13.2. The van der Waals surface area contributed by atoms with E-state index in [1.165, 1.54) is 6.92 Å². The molecular formula is C59H48O10. The van der Waals surface area contributed by atoms with Crippen LogP contribution in [0, 0.1) is 13.8 Å². The van der Waals surface area contributed by atoms with Gasteiger partial charge in [0.25, 0.3) is 0 Å². The standard InChI is InChI=1S/C59H48O10/c1-37-34-47(18-32-55(37)68-58(62)45-14-28-52(29-15-45)65-50-24-10-43(11-25-50)40(4)60)39(3)48-19-33-56(38(2)35-48)69-59(63)46-16-30-53(31-17-46)66-51-26-12-44(13-27-51)57(61)67-54-22-8-42(9-23-54)36-41-6-20-49(64-5)21-7-41/h6-35,39H,36H2,1-5H3. The van der Waals surface area contributed by atoms with Crippen molar-refractivity contribution >= 4 is 23.7 Å². The van der Waals surface area contributed by atoms with Gasteiger partial charge in [0, 0.05) is 11.5 Å². The summed E-state index contributed by atoms with van der Waals surface area (Å²) in [7, 11) is 1.64. The van der Waals surface area contributed by atoms with Crippen LogP contribution in [-0.2, 0) is 6.42 Å². The van der Waals surface area contributed by atoms with E-state index in [1.807, 2.05) is 74.5 Å². The Hall–Kier alpha value is -8.76. The zero-order valence-corrected chi connectivity index (χ0v) is 38.7. The van der Waals surface area contributed by atoms with Crippen LogP contribution in [0.1, 0.15) is 94.6 Å². The minimum absolute atomic E-state index is 0.0130. The quantitative estimate of drug-likeness (QED) is 0.0526. The average molecular weight is 917 g/mol. The predicted molar refractivity (Wildman–Crippen MR) is 263 cm³/mol. The molecule has 8 aromatic carbocycles. The molecule has 10 heteroatoms. The molecule has 0 N–H and O–H groups in total. The van der Waals surface area contributed by atoms with E-state index in [0.29, 0.717) is 62.5 Å². The molecule has 0 aliphatic carbocycles. The Balaban J connectivity index is 0.801. The average Bonchev–Trinajstić information content (AvgIpc) is 3.36. The van der Waals surface area contributed by atoms with Crippen LogP contribution in [0.15, 0.2) is 182 Å². The molecule has 0 saturated carbocycles. The summed E-state index contributed by atoms with van der Waals surface area (Å²) in [6.45, 7) is 7.38. The first-order valence-electron chi connectivity index (χ1n) is 22.2. The summed E-state index contributed by atoms with van der Waals surface area (Å²) < 4.78 is 34.2. The van der Waals surface area contributed by atoms with Crippen LogP contribution in [0.25, 0.3) is 0 Å². The number of hydrogen-bond donors (Lipinski definition) is 0. The number of ether oxygens (including phenoxy) is 6. The van der Waals surface area contributed by atoms with Crippen molar-refractivity contribution in [3.05, 3.63) is 238 Å². The van der Waals surface area contributed by atoms with Gasteiger partial charge in [-0.05, 0) is 194 Å². The summed E-state index contributed by atoms with van der Waals surface area (Å²) >= 11 is 0. The van der Waals surface area contributed by atoms with E-state index in [2.05, 4.69) is 6.92 Å². The molecule has 69 heavy (non-hydrogen) atoms. The fourth-order valence-electron chi connectivity index (χ4n) is 7.45. The van der Waals surface area contributed by atoms with Crippen molar-refractivity contribution in [3.63, 3.8) is 0 Å². The van der Waals surface area contributed by atoms with Crippen molar-refractivity contribution in [1.82, 2.24) is 0 Å². The molecule has 0 saturated heterocycles. The van der Waals surface area contributed by atoms with Gasteiger partial charge < -0.3 is 28.4 Å². The van der Waals surface area contributed by atoms with Crippen molar-refractivity contribution in [1.29, 1.82) is 0 Å². The second kappa shape index (κ2) is 21.3. The van der Waals surface area contributed by atoms with E-state index < -0.39 is 17.9 Å². The number of aryl methyl sites for hydroxylation is 2. The Morgan fingerprint density at radius 3 is 1.09 bits per heavy atom. The summed E-state index contributed by atoms with van der Waals surface area (Å²) in [5.41, 5.74) is 7.56. The van der Waals surface area contributed by atoms with Gasteiger partial charge in [0.15, 0.2) is 5.78 Å². The molecule has 0 heterocycles. The number of carbonyl (C=O) groups is 4. The lowest BCUT2D eigenvalue weighted by atomic mass is 9.91. The summed E-state index contributed by atoms with van der Waals surface area (Å²) in [5, 5.41) is 0. The lowest BCUT2D eigenvalue weighted by Crippen LogP contribution is -2.10. The van der Waals surface area contributed by atoms with Crippen molar-refractivity contribution in [2.24, 2.45) is 0 Å². The number of benzene rings is 8. The molecule has 0 aliphatic heterocycles. The number of methoxy groups -OCH3 is 1. The number of rotatable bonds is 16. The summed E-state index contributed by atoms with van der Waals surface area (Å²) in [5.74, 6) is 2.74. The smallest absolute Gasteiger partial charge is 0.343 e. The van der Waals surface area contributed by atoms with Gasteiger partial charge in [0.2, 0.25) is 0 Å². The third kappa shape index (κ3) is 12.0. The second-order valence-electron chi connectivity index (χ2n) is 16.5. The van der Waals surface area contributed by atoms with E-state index in [1.54, 1.807) is 128 Å². The van der Waals surface area contributed by atoms with Crippen molar-refractivity contribution in [2.75, 3.05) is 7.11 Å². The van der Waals surface area contributed by atoms with Crippen LogP contribution in [0.3, 0.4) is 0 Å². The van der Waals surface area contributed by atoms with Crippen molar-refractivity contribution in [2.45, 2.75) is 40.0 Å². The lowest BCUT2D eigenvalue weighted by Gasteiger charge is -2.17. The molecule has 0 radical (unpaired) electrons. The van der Waals surface area contributed by atoms with Crippen LogP contribution in [0.5, 0.6) is 46.0 Å². The molecule has 8 aromatic rings. The van der Waals surface area contributed by atoms with E-state index in [4.69, 9.17) is 28.4 Å². The predicted octanol–water partition coefficient (Wildman–Crippen LogP) is 13.5. The highest BCUT2D eigenvalue weighted by molar-refractivity contribution is 5.94. The van der Waals surface area contributed by atoms with Gasteiger partial charge in [0.05, 0.1) is 23.8 Å². The van der Waals surface area contributed by atoms with Gasteiger partial charge in [-0.15, -0.1) is 0 Å². The van der Waals surface area contributed by atoms with Crippen LogP contribution >= 0.6 is 0 Å². The van der Waals surface area contributed by atoms with Crippen molar-refractivity contribution < 1.29 is 47.6 Å². The first-order chi connectivity index (χ1) is 33.4. The minimum atomic E-state index is -0.512. The third-order valence-electron chi connectivity index (χ3n) is 11.5. The zero-order valence-electron chi connectivity index (χ0n) is 38.7. The van der Waals surface area contributed by atoms with Gasteiger partial charge in [-0.2, -0.15) is 0 Å². The van der Waals surface area contributed by atoms with E-state index >= 15 is 0 Å². The number of esters is 3. The normalized spacial score (nSPS) is 11.2. The third-order valence-corrected chi connectivity index (χ3v) is 11.5. The largest absolute Gasteiger partial charge is 0.497 e. The first kappa shape index (κ1) is 46.8. The second-order valence-corrected chi connectivity index (χ2v) is 16.5. The van der Waals surface area contributed by atoms with Gasteiger partial charge in [-0.1, -0.05) is 55.5 Å². The van der Waals surface area contributed by atoms with Crippen LogP contribution in [0.2, 0.25) is 0 Å². The number of hydrogen-bond acceptors (Lipinski definition) is 10. The molecule has 1 atom stereocenters. The lowest BCUT2D eigenvalue weighted by molar-refractivity contribution is 0.0724. The maximum atomic E-state index is 13.2. The van der Waals surface area contributed by atoms with E-state index in [-0.39, 0.29) is 11.7 Å². The summed E-state index contributed by atoms with van der Waals surface area (Å²) in [6.07, 6.45) is 0.742. The highest BCUT2D eigenvalue weighted by Gasteiger charge is 2.17. The monoisotopic (exact) mass is 916 g/mol. The molecule has 8 rings (SSSR count). The number of ketones is 1. The molecule has 0 fully saturated rings. The molecule has 10 nitrogen and oxygen atoms in total. The Morgan fingerprint density at radius 2 is 0.739 bits per heavy atom. The maximum Gasteiger partial charge on any atom is 0.343 e. The fraction of sp³-hybridized carbons (Fsp3) is 0.119. The molecule has 0 bridgehead atoms. The molecule has 344 valence electrons. The Bertz CT molecular complexity index is 3100. The topological polar surface area (TPSA) is 124 Å². The van der Waals surface area contributed by atoms with Crippen LogP contribution in [0.4, 0.5) is 0 Å². The fourth-order valence-corrected chi connectivity index (χ4v) is 7.45. The molecule has 0 spiro atoms. The molecular weight excluding hydrogens is 869 g/mol. The Morgan fingerprint density at radius 1 is 0.406 bits per heavy atom. The molecule has 0 aliphatic rings. The molecule has 1 unspecified atom stereocenters. The Kier molecular flexibility index (Phi) is 14.4. The van der Waals surface area contributed by atoms with Gasteiger partial charge >= 0.3 is 17.9 Å². The number of Topliss-reactive ketones (excluding diaryl/α,β-unsaturated/α-hetero) is 1. The SMILES string of the molecule is COc1ccc(Cc2ccc(OC(=O)c3ccc(Oc4ccc(C(=O)Oc5ccc(C(C)c6ccc(OC(=O)c7ccc(Oc8ccc(C(C)=O)cc8)cc7)c(C)c6)cc5C)cc4)cc3)cc2)cc1. The highest BCUT2D eigenvalue weighted by Crippen LogP contribution is 2.33. The van der Waals surface area contributed by atoms with Crippen LogP contribution < -0.4 is 28.4 Å². The van der Waals surface area contributed by atoms with Crippen LogP contribution in [-0.4, -0.2) is 30.8 Å². The van der Waals surface area contributed by atoms with Crippen molar-refractivity contribution in [3.8, 4) is 46.0 Å². The summed E-state index contributed by atoms with van der Waals surface area (Å²) in [4.78, 5) is 50.7. The summed E-state index contributed by atoms with van der Waals surface area (Å²) in [6, 6.07) is 53.5. The zero-order chi connectivity index (χ0) is 48.4. The highest BCUT2D eigenvalue weighted by atomic mass is 16.5. The van der Waals surface area contributed by atoms with Gasteiger partial charge in [0.1, 0.15) is 46.0 Å². The molecule has 0 aromatic heterocycles. The van der Waals surface area contributed by atoms with E-state index in [0.717, 1.165) is 45.6 Å². The van der Waals surface area contributed by atoms with E-state index in [9.17, 15) is 19.2 Å². The van der Waals surface area contributed by atoms with Gasteiger partial charge in [-0.3, -0.25) is 4.79 Å². The minimum Gasteiger partial charge on any atom is -0.497 e. The number of carbonyl (C=O) groups excluding carboxylic acids is 4. The van der Waals surface area contributed by atoms with Gasteiger partial charge in [-0.25, -0.2) is 14.4 Å². The Labute approximate surface area is 400 Å².